The van der Waals surface area contributed by atoms with Crippen LogP contribution in [0.15, 0.2) is 12.2 Å². The predicted octanol–water partition coefficient (Wildman–Crippen LogP) is 3.79. The molecule has 0 saturated carbocycles. The van der Waals surface area contributed by atoms with Crippen molar-refractivity contribution in [3.63, 3.8) is 0 Å². The second-order valence-corrected chi connectivity index (χ2v) is 8.30. The second-order valence-electron chi connectivity index (χ2n) is 7.78. The highest BCUT2D eigenvalue weighted by molar-refractivity contribution is 6.22. The molecule has 0 bridgehead atoms. The molecule has 1 aliphatic heterocycles. The monoisotopic (exact) mass is 405 g/mol. The minimum atomic E-state index is -0.626. The summed E-state index contributed by atoms with van der Waals surface area (Å²) in [5, 5.41) is 12.9. The van der Waals surface area contributed by atoms with E-state index in [1.165, 1.54) is 0 Å². The number of nitrogens with one attached hydrogen (secondary N) is 1. The number of alkyl carbamates (subject to hydrolysis) is 1. The SMILES string of the molecule is C=C(CCC(O)[C@@]1(C)CC[C@@H](C(C)(C)OCC)O1)C(Cl)CNC(=O)OCC. The lowest BCUT2D eigenvalue weighted by atomic mass is 9.90. The summed E-state index contributed by atoms with van der Waals surface area (Å²) in [5.74, 6) is 0. The van der Waals surface area contributed by atoms with Crippen LogP contribution in [0.3, 0.4) is 0 Å². The first-order chi connectivity index (χ1) is 12.6. The maximum absolute atomic E-state index is 11.3. The first-order valence-electron chi connectivity index (χ1n) is 9.78. The maximum atomic E-state index is 11.3. The topological polar surface area (TPSA) is 77.0 Å². The zero-order chi connectivity index (χ0) is 20.7. The standard InChI is InChI=1S/C20H36ClNO5/c1-7-25-18(24)22-13-15(21)14(3)9-10-16(23)20(6)12-11-17(27-20)19(4,5)26-8-2/h15-17,23H,3,7-13H2,1-2,4-6H3,(H,22,24)/t15?,16?,17-,20+/m0/s1. The molecule has 4 atom stereocenters. The molecule has 0 aromatic heterocycles. The molecule has 1 rings (SSSR count). The Bertz CT molecular complexity index is 499. The number of rotatable bonds is 11. The Kier molecular flexibility index (Phi) is 9.55. The third-order valence-corrected chi connectivity index (χ3v) is 5.66. The molecule has 0 aromatic rings. The van der Waals surface area contributed by atoms with E-state index in [0.717, 1.165) is 18.4 Å². The van der Waals surface area contributed by atoms with Crippen molar-refractivity contribution in [3.05, 3.63) is 12.2 Å². The van der Waals surface area contributed by atoms with Crippen LogP contribution in [0.25, 0.3) is 0 Å². The van der Waals surface area contributed by atoms with Gasteiger partial charge in [0.2, 0.25) is 0 Å². The molecule has 0 aromatic carbocycles. The smallest absolute Gasteiger partial charge is 0.407 e. The zero-order valence-electron chi connectivity index (χ0n) is 17.3. The highest BCUT2D eigenvalue weighted by atomic mass is 35.5. The molecule has 1 amide bonds. The number of halogens is 1. The lowest BCUT2D eigenvalue weighted by Gasteiger charge is -2.35. The summed E-state index contributed by atoms with van der Waals surface area (Å²) in [7, 11) is 0. The third-order valence-electron chi connectivity index (χ3n) is 5.19. The van der Waals surface area contributed by atoms with Crippen LogP contribution in [-0.4, -0.2) is 59.7 Å². The number of carbonyl (C=O) groups excluding carboxylic acids is 1. The van der Waals surface area contributed by atoms with E-state index >= 15 is 0 Å². The van der Waals surface area contributed by atoms with Gasteiger partial charge in [0.1, 0.15) is 0 Å². The molecule has 0 aliphatic carbocycles. The van der Waals surface area contributed by atoms with Gasteiger partial charge in [-0.2, -0.15) is 0 Å². The van der Waals surface area contributed by atoms with Crippen molar-refractivity contribution in [2.45, 2.75) is 89.1 Å². The number of alkyl halides is 1. The Balaban J connectivity index is 2.46. The number of hydrogen-bond donors (Lipinski definition) is 2. The summed E-state index contributed by atoms with van der Waals surface area (Å²) in [6.07, 6.45) is 1.51. The molecule has 7 heteroatoms. The fourth-order valence-corrected chi connectivity index (χ4v) is 3.53. The van der Waals surface area contributed by atoms with E-state index in [4.69, 9.17) is 25.8 Å². The largest absolute Gasteiger partial charge is 0.450 e. The molecule has 1 heterocycles. The van der Waals surface area contributed by atoms with Crippen molar-refractivity contribution in [2.24, 2.45) is 0 Å². The number of ether oxygens (including phenoxy) is 3. The third kappa shape index (κ3) is 7.26. The Morgan fingerprint density at radius 1 is 1.44 bits per heavy atom. The first-order valence-corrected chi connectivity index (χ1v) is 10.2. The number of aliphatic hydroxyl groups is 1. The lowest BCUT2D eigenvalue weighted by Crippen LogP contribution is -2.45. The Labute approximate surface area is 168 Å². The molecule has 0 spiro atoms. The van der Waals surface area contributed by atoms with Crippen molar-refractivity contribution in [1.29, 1.82) is 0 Å². The van der Waals surface area contributed by atoms with Gasteiger partial charge < -0.3 is 24.6 Å². The van der Waals surface area contributed by atoms with Crippen molar-refractivity contribution >= 4 is 17.7 Å². The van der Waals surface area contributed by atoms with Gasteiger partial charge in [-0.25, -0.2) is 4.79 Å². The van der Waals surface area contributed by atoms with Crippen LogP contribution in [0.1, 0.15) is 60.3 Å². The summed E-state index contributed by atoms with van der Waals surface area (Å²) in [6.45, 7) is 14.9. The van der Waals surface area contributed by atoms with E-state index in [0.29, 0.717) is 26.1 Å². The van der Waals surface area contributed by atoms with Crippen LogP contribution in [-0.2, 0) is 14.2 Å². The molecule has 2 N–H and O–H groups in total. The minimum absolute atomic E-state index is 0.0464. The summed E-state index contributed by atoms with van der Waals surface area (Å²) < 4.78 is 16.8. The molecule has 6 nitrogen and oxygen atoms in total. The lowest BCUT2D eigenvalue weighted by molar-refractivity contribution is -0.169. The van der Waals surface area contributed by atoms with Crippen LogP contribution in [0.5, 0.6) is 0 Å². The molecule has 1 saturated heterocycles. The molecule has 0 radical (unpaired) electrons. The number of carbonyl (C=O) groups is 1. The molecule has 1 aliphatic rings. The zero-order valence-corrected chi connectivity index (χ0v) is 18.1. The Hall–Kier alpha value is -0.820. The Morgan fingerprint density at radius 2 is 2.11 bits per heavy atom. The molecule has 2 unspecified atom stereocenters. The van der Waals surface area contributed by atoms with Gasteiger partial charge in [-0.15, -0.1) is 11.6 Å². The Morgan fingerprint density at radius 3 is 2.70 bits per heavy atom. The normalized spacial score (nSPS) is 25.1. The van der Waals surface area contributed by atoms with Crippen molar-refractivity contribution < 1.29 is 24.1 Å². The van der Waals surface area contributed by atoms with Crippen LogP contribution in [0, 0.1) is 0 Å². The first kappa shape index (κ1) is 24.2. The summed E-state index contributed by atoms with van der Waals surface area (Å²) in [4.78, 5) is 11.3. The summed E-state index contributed by atoms with van der Waals surface area (Å²) in [5.41, 5.74) is -0.222. The van der Waals surface area contributed by atoms with E-state index in [9.17, 15) is 9.90 Å². The molecule has 1 fully saturated rings. The minimum Gasteiger partial charge on any atom is -0.450 e. The van der Waals surface area contributed by atoms with E-state index in [-0.39, 0.29) is 18.2 Å². The quantitative estimate of drug-likeness (QED) is 0.404. The van der Waals surface area contributed by atoms with E-state index in [2.05, 4.69) is 11.9 Å². The predicted molar refractivity (Wildman–Crippen MR) is 107 cm³/mol. The van der Waals surface area contributed by atoms with Crippen LogP contribution < -0.4 is 5.32 Å². The highest BCUT2D eigenvalue weighted by Gasteiger charge is 2.47. The van der Waals surface area contributed by atoms with Gasteiger partial charge in [0, 0.05) is 13.2 Å². The molecule has 158 valence electrons. The summed E-state index contributed by atoms with van der Waals surface area (Å²) >= 11 is 6.27. The number of hydrogen-bond acceptors (Lipinski definition) is 5. The van der Waals surface area contributed by atoms with Crippen molar-refractivity contribution in [2.75, 3.05) is 19.8 Å². The average Bonchev–Trinajstić information content (AvgIpc) is 3.02. The van der Waals surface area contributed by atoms with Gasteiger partial charge >= 0.3 is 6.09 Å². The fraction of sp³-hybridized carbons (Fsp3) is 0.850. The molecule has 27 heavy (non-hydrogen) atoms. The van der Waals surface area contributed by atoms with Crippen LogP contribution in [0.4, 0.5) is 4.79 Å². The fourth-order valence-electron chi connectivity index (χ4n) is 3.34. The van der Waals surface area contributed by atoms with Gasteiger partial charge in [0.15, 0.2) is 0 Å². The van der Waals surface area contributed by atoms with Crippen molar-refractivity contribution in [3.8, 4) is 0 Å². The van der Waals surface area contributed by atoms with Gasteiger partial charge in [0.05, 0.1) is 35.4 Å². The van der Waals surface area contributed by atoms with E-state index in [1.54, 1.807) is 6.92 Å². The number of amides is 1. The van der Waals surface area contributed by atoms with Crippen LogP contribution >= 0.6 is 11.6 Å². The average molecular weight is 406 g/mol. The molecular weight excluding hydrogens is 370 g/mol. The van der Waals surface area contributed by atoms with Crippen molar-refractivity contribution in [1.82, 2.24) is 5.32 Å². The molecular formula is C20H36ClNO5. The second kappa shape index (κ2) is 10.6. The summed E-state index contributed by atoms with van der Waals surface area (Å²) in [6, 6.07) is 0. The van der Waals surface area contributed by atoms with Gasteiger partial charge in [0.25, 0.3) is 0 Å². The van der Waals surface area contributed by atoms with Gasteiger partial charge in [-0.3, -0.25) is 0 Å². The maximum Gasteiger partial charge on any atom is 0.407 e. The van der Waals surface area contributed by atoms with E-state index in [1.807, 2.05) is 27.7 Å². The van der Waals surface area contributed by atoms with Gasteiger partial charge in [-0.1, -0.05) is 12.2 Å². The van der Waals surface area contributed by atoms with E-state index < -0.39 is 23.2 Å². The van der Waals surface area contributed by atoms with Crippen LogP contribution in [0.2, 0.25) is 0 Å². The van der Waals surface area contributed by atoms with Gasteiger partial charge in [-0.05, 0) is 60.3 Å². The highest BCUT2D eigenvalue weighted by Crippen LogP contribution is 2.40. The number of aliphatic hydroxyl groups excluding tert-OH is 1.